The minimum atomic E-state index is -0.828. The second-order valence-corrected chi connectivity index (χ2v) is 6.35. The van der Waals surface area contributed by atoms with E-state index in [4.69, 9.17) is 0 Å². The minimum absolute atomic E-state index is 0.0998. The quantitative estimate of drug-likeness (QED) is 0.743. The number of nitrogens with one attached hydrogen (secondary N) is 1. The maximum Gasteiger partial charge on any atom is 0.321 e. The number of carbonyl (C=O) groups is 1. The number of hydrogen-bond donors (Lipinski definition) is 2. The second kappa shape index (κ2) is 6.54. The maximum absolute atomic E-state index is 11.9. The van der Waals surface area contributed by atoms with Crippen molar-refractivity contribution in [3.63, 3.8) is 0 Å². The SMILES string of the molecule is O=C(O)[C@H](Cc1ccccc1)NC1c2ccccc2-c2ccccc21. The molecule has 3 nitrogen and oxygen atoms in total. The van der Waals surface area contributed by atoms with Crippen molar-refractivity contribution >= 4 is 5.97 Å². The Morgan fingerprint density at radius 2 is 1.36 bits per heavy atom. The van der Waals surface area contributed by atoms with E-state index in [9.17, 15) is 9.90 Å². The van der Waals surface area contributed by atoms with Gasteiger partial charge in [0.05, 0.1) is 6.04 Å². The zero-order valence-electron chi connectivity index (χ0n) is 13.7. The molecule has 0 saturated carbocycles. The predicted molar refractivity (Wildman–Crippen MR) is 98.4 cm³/mol. The summed E-state index contributed by atoms with van der Waals surface area (Å²) in [6.45, 7) is 0. The Morgan fingerprint density at radius 3 is 1.92 bits per heavy atom. The van der Waals surface area contributed by atoms with Crippen molar-refractivity contribution in [3.8, 4) is 11.1 Å². The predicted octanol–water partition coefficient (Wildman–Crippen LogP) is 4.04. The molecule has 1 atom stereocenters. The van der Waals surface area contributed by atoms with Gasteiger partial charge in [0.2, 0.25) is 0 Å². The molecule has 25 heavy (non-hydrogen) atoms. The molecule has 0 spiro atoms. The van der Waals surface area contributed by atoms with Crippen LogP contribution in [0.2, 0.25) is 0 Å². The lowest BCUT2D eigenvalue weighted by molar-refractivity contribution is -0.139. The van der Waals surface area contributed by atoms with Crippen molar-refractivity contribution in [2.24, 2.45) is 0 Å². The fraction of sp³-hybridized carbons (Fsp3) is 0.136. The molecule has 1 aliphatic rings. The number of carboxylic acid groups (broad SMARTS) is 1. The molecule has 0 amide bonds. The van der Waals surface area contributed by atoms with Gasteiger partial charge in [-0.3, -0.25) is 10.1 Å². The van der Waals surface area contributed by atoms with E-state index < -0.39 is 12.0 Å². The van der Waals surface area contributed by atoms with Gasteiger partial charge in [-0.2, -0.15) is 0 Å². The Morgan fingerprint density at radius 1 is 0.840 bits per heavy atom. The van der Waals surface area contributed by atoms with Crippen LogP contribution in [-0.2, 0) is 11.2 Å². The molecule has 0 radical (unpaired) electrons. The summed E-state index contributed by atoms with van der Waals surface area (Å²) in [7, 11) is 0. The lowest BCUT2D eigenvalue weighted by Crippen LogP contribution is -2.40. The summed E-state index contributed by atoms with van der Waals surface area (Å²) in [5, 5.41) is 13.1. The third kappa shape index (κ3) is 2.94. The van der Waals surface area contributed by atoms with Crippen molar-refractivity contribution in [1.29, 1.82) is 0 Å². The number of hydrogen-bond acceptors (Lipinski definition) is 2. The Hall–Kier alpha value is -2.91. The fourth-order valence-corrected chi connectivity index (χ4v) is 3.60. The molecule has 0 fully saturated rings. The summed E-state index contributed by atoms with van der Waals surface area (Å²) < 4.78 is 0. The highest BCUT2D eigenvalue weighted by Crippen LogP contribution is 2.43. The van der Waals surface area contributed by atoms with Gasteiger partial charge in [0, 0.05) is 0 Å². The summed E-state index contributed by atoms with van der Waals surface area (Å²) in [5.74, 6) is -0.828. The molecule has 124 valence electrons. The second-order valence-electron chi connectivity index (χ2n) is 6.35. The van der Waals surface area contributed by atoms with Crippen LogP contribution in [-0.4, -0.2) is 17.1 Å². The number of carboxylic acids is 1. The standard InChI is InChI=1S/C22H19NO2/c24-22(25)20(14-15-8-2-1-3-9-15)23-21-18-12-6-4-10-16(18)17-11-5-7-13-19(17)21/h1-13,20-21,23H,14H2,(H,24,25)/t20-/m0/s1. The zero-order valence-corrected chi connectivity index (χ0v) is 13.7. The molecule has 1 aliphatic carbocycles. The summed E-state index contributed by atoms with van der Waals surface area (Å²) in [6.07, 6.45) is 0.455. The van der Waals surface area contributed by atoms with E-state index in [1.54, 1.807) is 0 Å². The molecule has 3 heteroatoms. The Kier molecular flexibility index (Phi) is 4.08. The molecule has 0 aliphatic heterocycles. The number of benzene rings is 3. The highest BCUT2D eigenvalue weighted by molar-refractivity contribution is 5.79. The van der Waals surface area contributed by atoms with E-state index >= 15 is 0 Å². The van der Waals surface area contributed by atoms with Gasteiger partial charge in [0.15, 0.2) is 0 Å². The lowest BCUT2D eigenvalue weighted by Gasteiger charge is -2.22. The molecule has 4 rings (SSSR count). The van der Waals surface area contributed by atoms with Gasteiger partial charge >= 0.3 is 5.97 Å². The van der Waals surface area contributed by atoms with Crippen LogP contribution in [0.15, 0.2) is 78.9 Å². The summed E-state index contributed by atoms with van der Waals surface area (Å²) in [4.78, 5) is 11.9. The Bertz CT molecular complexity index is 859. The van der Waals surface area contributed by atoms with Crippen LogP contribution in [0, 0.1) is 0 Å². The molecule has 0 bridgehead atoms. The normalized spacial score (nSPS) is 13.9. The lowest BCUT2D eigenvalue weighted by atomic mass is 10.0. The molecule has 0 saturated heterocycles. The van der Waals surface area contributed by atoms with Gasteiger partial charge in [0.25, 0.3) is 0 Å². The average molecular weight is 329 g/mol. The van der Waals surface area contributed by atoms with Gasteiger partial charge < -0.3 is 5.11 Å². The first-order chi connectivity index (χ1) is 12.2. The number of rotatable bonds is 5. The first kappa shape index (κ1) is 15.6. The van der Waals surface area contributed by atoms with E-state index in [-0.39, 0.29) is 6.04 Å². The molecule has 3 aromatic carbocycles. The van der Waals surface area contributed by atoms with E-state index in [0.29, 0.717) is 6.42 Å². The monoisotopic (exact) mass is 329 g/mol. The number of fused-ring (bicyclic) bond motifs is 3. The first-order valence-electron chi connectivity index (χ1n) is 8.45. The molecule has 0 heterocycles. The van der Waals surface area contributed by atoms with Crippen LogP contribution >= 0.6 is 0 Å². The molecular formula is C22H19NO2. The molecule has 0 unspecified atom stereocenters. The van der Waals surface area contributed by atoms with Crippen LogP contribution in [0.1, 0.15) is 22.7 Å². The van der Waals surface area contributed by atoms with Gasteiger partial charge in [0.1, 0.15) is 6.04 Å². The largest absolute Gasteiger partial charge is 0.480 e. The Labute approximate surface area is 147 Å². The van der Waals surface area contributed by atoms with Crippen molar-refractivity contribution in [1.82, 2.24) is 5.32 Å². The van der Waals surface area contributed by atoms with Gasteiger partial charge in [-0.05, 0) is 34.2 Å². The molecule has 0 aromatic heterocycles. The minimum Gasteiger partial charge on any atom is -0.480 e. The fourth-order valence-electron chi connectivity index (χ4n) is 3.60. The van der Waals surface area contributed by atoms with Crippen molar-refractivity contribution in [2.45, 2.75) is 18.5 Å². The topological polar surface area (TPSA) is 49.3 Å². The van der Waals surface area contributed by atoms with E-state index in [0.717, 1.165) is 16.7 Å². The van der Waals surface area contributed by atoms with Crippen molar-refractivity contribution in [2.75, 3.05) is 0 Å². The van der Waals surface area contributed by atoms with Crippen LogP contribution in [0.5, 0.6) is 0 Å². The van der Waals surface area contributed by atoms with Crippen LogP contribution in [0.3, 0.4) is 0 Å². The maximum atomic E-state index is 11.9. The van der Waals surface area contributed by atoms with Crippen LogP contribution in [0.25, 0.3) is 11.1 Å². The molecule has 3 aromatic rings. The third-order valence-corrected chi connectivity index (χ3v) is 4.78. The van der Waals surface area contributed by atoms with Gasteiger partial charge in [-0.15, -0.1) is 0 Å². The zero-order chi connectivity index (χ0) is 17.2. The van der Waals surface area contributed by atoms with E-state index in [1.165, 1.54) is 11.1 Å². The van der Waals surface area contributed by atoms with Gasteiger partial charge in [-0.25, -0.2) is 0 Å². The number of aliphatic carboxylic acids is 1. The highest BCUT2D eigenvalue weighted by atomic mass is 16.4. The van der Waals surface area contributed by atoms with Crippen LogP contribution < -0.4 is 5.32 Å². The summed E-state index contributed by atoms with van der Waals surface area (Å²) in [6, 6.07) is 25.4. The average Bonchev–Trinajstić information content (AvgIpc) is 2.96. The summed E-state index contributed by atoms with van der Waals surface area (Å²) >= 11 is 0. The van der Waals surface area contributed by atoms with Crippen LogP contribution in [0.4, 0.5) is 0 Å². The van der Waals surface area contributed by atoms with Crippen molar-refractivity contribution < 1.29 is 9.90 Å². The third-order valence-electron chi connectivity index (χ3n) is 4.78. The van der Waals surface area contributed by atoms with E-state index in [1.807, 2.05) is 54.6 Å². The van der Waals surface area contributed by atoms with Crippen molar-refractivity contribution in [3.05, 3.63) is 95.6 Å². The van der Waals surface area contributed by atoms with Gasteiger partial charge in [-0.1, -0.05) is 78.9 Å². The molecule has 2 N–H and O–H groups in total. The summed E-state index contributed by atoms with van der Waals surface area (Å²) in [5.41, 5.74) is 5.66. The first-order valence-corrected chi connectivity index (χ1v) is 8.45. The van der Waals surface area contributed by atoms with E-state index in [2.05, 4.69) is 29.6 Å². The molecular weight excluding hydrogens is 310 g/mol. The Balaban J connectivity index is 1.67. The smallest absolute Gasteiger partial charge is 0.321 e. The highest BCUT2D eigenvalue weighted by Gasteiger charge is 2.31.